The van der Waals surface area contributed by atoms with E-state index in [0.29, 0.717) is 11.8 Å². The Morgan fingerprint density at radius 1 is 0.958 bits per heavy atom. The van der Waals surface area contributed by atoms with Gasteiger partial charge in [0, 0.05) is 18.1 Å². The van der Waals surface area contributed by atoms with Crippen LogP contribution in [0.4, 0.5) is 0 Å². The number of esters is 1. The fourth-order valence-electron chi connectivity index (χ4n) is 2.12. The molecule has 0 aliphatic carbocycles. The minimum atomic E-state index is -0.305. The number of benzene rings is 2. The van der Waals surface area contributed by atoms with Gasteiger partial charge in [-0.1, -0.05) is 12.1 Å². The second-order valence-electron chi connectivity index (χ2n) is 5.12. The number of rotatable bonds is 5. The third kappa shape index (κ3) is 3.60. The first-order valence-corrected chi connectivity index (χ1v) is 7.36. The van der Waals surface area contributed by atoms with Gasteiger partial charge in [-0.2, -0.15) is 0 Å². The summed E-state index contributed by atoms with van der Waals surface area (Å²) in [4.78, 5) is 10.8. The molecule has 0 aliphatic rings. The Labute approximate surface area is 139 Å². The van der Waals surface area contributed by atoms with Crippen LogP contribution in [0.25, 0.3) is 22.9 Å². The summed E-state index contributed by atoms with van der Waals surface area (Å²) in [5.74, 6) is 1.33. The highest BCUT2D eigenvalue weighted by molar-refractivity contribution is 5.66. The minimum Gasteiger partial charge on any atom is -0.497 e. The van der Waals surface area contributed by atoms with Crippen molar-refractivity contribution in [2.75, 3.05) is 7.11 Å². The van der Waals surface area contributed by atoms with Crippen LogP contribution in [0.3, 0.4) is 0 Å². The summed E-state index contributed by atoms with van der Waals surface area (Å²) in [6, 6.07) is 14.8. The average Bonchev–Trinajstić information content (AvgIpc) is 3.10. The van der Waals surface area contributed by atoms with Crippen LogP contribution in [-0.4, -0.2) is 23.3 Å². The number of hydrogen-bond acceptors (Lipinski definition) is 6. The summed E-state index contributed by atoms with van der Waals surface area (Å²) in [7, 11) is 1.62. The Bertz CT molecular complexity index is 823. The van der Waals surface area contributed by atoms with Crippen LogP contribution < -0.4 is 4.74 Å². The molecule has 2 aromatic carbocycles. The first-order chi connectivity index (χ1) is 11.7. The molecule has 122 valence electrons. The van der Waals surface area contributed by atoms with Crippen molar-refractivity contribution in [1.82, 2.24) is 10.2 Å². The van der Waals surface area contributed by atoms with Crippen molar-refractivity contribution in [2.45, 2.75) is 13.5 Å². The van der Waals surface area contributed by atoms with Gasteiger partial charge in [0.15, 0.2) is 0 Å². The van der Waals surface area contributed by atoms with Gasteiger partial charge >= 0.3 is 5.97 Å². The Morgan fingerprint density at radius 2 is 1.50 bits per heavy atom. The summed E-state index contributed by atoms with van der Waals surface area (Å²) >= 11 is 0. The largest absolute Gasteiger partial charge is 0.497 e. The second-order valence-corrected chi connectivity index (χ2v) is 5.12. The highest BCUT2D eigenvalue weighted by Gasteiger charge is 2.10. The number of aromatic nitrogens is 2. The molecule has 0 fully saturated rings. The van der Waals surface area contributed by atoms with E-state index in [0.717, 1.165) is 22.4 Å². The fraction of sp³-hybridized carbons (Fsp3) is 0.167. The fourth-order valence-corrected chi connectivity index (χ4v) is 2.12. The zero-order chi connectivity index (χ0) is 16.9. The van der Waals surface area contributed by atoms with E-state index in [1.807, 2.05) is 48.5 Å². The van der Waals surface area contributed by atoms with Crippen molar-refractivity contribution in [3.8, 4) is 28.7 Å². The molecule has 24 heavy (non-hydrogen) atoms. The molecule has 0 bridgehead atoms. The highest BCUT2D eigenvalue weighted by atomic mass is 16.5. The maximum Gasteiger partial charge on any atom is 0.302 e. The van der Waals surface area contributed by atoms with Gasteiger partial charge in [0.2, 0.25) is 11.8 Å². The molecule has 0 saturated heterocycles. The van der Waals surface area contributed by atoms with Crippen molar-refractivity contribution in [1.29, 1.82) is 0 Å². The summed E-state index contributed by atoms with van der Waals surface area (Å²) in [5, 5.41) is 8.15. The Kier molecular flexibility index (Phi) is 4.56. The molecule has 0 N–H and O–H groups in total. The molecule has 0 radical (unpaired) electrons. The van der Waals surface area contributed by atoms with Crippen LogP contribution in [-0.2, 0) is 16.1 Å². The van der Waals surface area contributed by atoms with E-state index in [4.69, 9.17) is 13.9 Å². The topological polar surface area (TPSA) is 74.5 Å². The van der Waals surface area contributed by atoms with Gasteiger partial charge < -0.3 is 13.9 Å². The molecule has 0 spiro atoms. The van der Waals surface area contributed by atoms with E-state index in [1.54, 1.807) is 7.11 Å². The van der Waals surface area contributed by atoms with Gasteiger partial charge in [-0.25, -0.2) is 0 Å². The van der Waals surface area contributed by atoms with E-state index in [1.165, 1.54) is 6.92 Å². The molecule has 3 rings (SSSR count). The van der Waals surface area contributed by atoms with Gasteiger partial charge in [0.05, 0.1) is 7.11 Å². The first-order valence-electron chi connectivity index (χ1n) is 7.36. The van der Waals surface area contributed by atoms with Gasteiger partial charge in [0.1, 0.15) is 12.4 Å². The number of carbonyl (C=O) groups excluding carboxylic acids is 1. The Balaban J connectivity index is 1.76. The van der Waals surface area contributed by atoms with E-state index >= 15 is 0 Å². The molecule has 3 aromatic rings. The SMILES string of the molecule is COc1ccc(-c2nnc(-c3ccc(COC(C)=O)cc3)o2)cc1. The van der Waals surface area contributed by atoms with Crippen LogP contribution in [0, 0.1) is 0 Å². The highest BCUT2D eigenvalue weighted by Crippen LogP contribution is 2.25. The Morgan fingerprint density at radius 3 is 2.00 bits per heavy atom. The number of ether oxygens (including phenoxy) is 2. The van der Waals surface area contributed by atoms with Crippen LogP contribution in [0.5, 0.6) is 5.75 Å². The van der Waals surface area contributed by atoms with Crippen LogP contribution in [0.1, 0.15) is 12.5 Å². The molecule has 0 amide bonds. The number of hydrogen-bond donors (Lipinski definition) is 0. The zero-order valence-electron chi connectivity index (χ0n) is 13.4. The summed E-state index contributed by atoms with van der Waals surface area (Å²) < 4.78 is 15.8. The zero-order valence-corrected chi connectivity index (χ0v) is 13.4. The normalized spacial score (nSPS) is 10.4. The van der Waals surface area contributed by atoms with Gasteiger partial charge in [0.25, 0.3) is 0 Å². The number of methoxy groups -OCH3 is 1. The quantitative estimate of drug-likeness (QED) is 0.669. The molecule has 6 heteroatoms. The lowest BCUT2D eigenvalue weighted by molar-refractivity contribution is -0.142. The smallest absolute Gasteiger partial charge is 0.302 e. The molecular weight excluding hydrogens is 308 g/mol. The molecule has 0 unspecified atom stereocenters. The summed E-state index contributed by atoms with van der Waals surface area (Å²) in [5.41, 5.74) is 2.51. The van der Waals surface area contributed by atoms with Crippen LogP contribution in [0.15, 0.2) is 52.9 Å². The maximum atomic E-state index is 10.8. The summed E-state index contributed by atoms with van der Waals surface area (Å²) in [6.07, 6.45) is 0. The monoisotopic (exact) mass is 324 g/mol. The molecule has 1 aromatic heterocycles. The average molecular weight is 324 g/mol. The van der Waals surface area contributed by atoms with Crippen LogP contribution >= 0.6 is 0 Å². The first kappa shape index (κ1) is 15.7. The van der Waals surface area contributed by atoms with Gasteiger partial charge in [-0.15, -0.1) is 10.2 Å². The number of carbonyl (C=O) groups is 1. The molecule has 0 atom stereocenters. The van der Waals surface area contributed by atoms with Crippen molar-refractivity contribution in [3.63, 3.8) is 0 Å². The van der Waals surface area contributed by atoms with E-state index < -0.39 is 0 Å². The van der Waals surface area contributed by atoms with E-state index in [-0.39, 0.29) is 12.6 Å². The predicted octanol–water partition coefficient (Wildman–Crippen LogP) is 3.48. The standard InChI is InChI=1S/C18H16N2O4/c1-12(21)23-11-13-3-5-14(6-4-13)17-19-20-18(24-17)15-7-9-16(22-2)10-8-15/h3-10H,11H2,1-2H3. The Hall–Kier alpha value is -3.15. The van der Waals surface area contributed by atoms with Crippen molar-refractivity contribution >= 4 is 5.97 Å². The molecule has 1 heterocycles. The van der Waals surface area contributed by atoms with Crippen molar-refractivity contribution in [3.05, 3.63) is 54.1 Å². The van der Waals surface area contributed by atoms with Gasteiger partial charge in [-0.3, -0.25) is 4.79 Å². The van der Waals surface area contributed by atoms with E-state index in [2.05, 4.69) is 10.2 Å². The maximum absolute atomic E-state index is 10.8. The molecular formula is C18H16N2O4. The van der Waals surface area contributed by atoms with Gasteiger partial charge in [-0.05, 0) is 42.0 Å². The lowest BCUT2D eigenvalue weighted by Gasteiger charge is -2.02. The molecule has 0 aliphatic heterocycles. The minimum absolute atomic E-state index is 0.247. The molecule has 6 nitrogen and oxygen atoms in total. The predicted molar refractivity (Wildman–Crippen MR) is 87.2 cm³/mol. The van der Waals surface area contributed by atoms with E-state index in [9.17, 15) is 4.79 Å². The third-order valence-electron chi connectivity index (χ3n) is 3.40. The third-order valence-corrected chi connectivity index (χ3v) is 3.40. The van der Waals surface area contributed by atoms with Crippen molar-refractivity contribution < 1.29 is 18.7 Å². The summed E-state index contributed by atoms with van der Waals surface area (Å²) in [6.45, 7) is 1.63. The lowest BCUT2D eigenvalue weighted by Crippen LogP contribution is -1.98. The second kappa shape index (κ2) is 6.95. The number of nitrogens with zero attached hydrogens (tertiary/aromatic N) is 2. The van der Waals surface area contributed by atoms with Crippen molar-refractivity contribution in [2.24, 2.45) is 0 Å². The molecule has 0 saturated carbocycles. The lowest BCUT2D eigenvalue weighted by atomic mass is 10.1. The van der Waals surface area contributed by atoms with Crippen LogP contribution in [0.2, 0.25) is 0 Å².